The van der Waals surface area contributed by atoms with Crippen LogP contribution in [0.25, 0.3) is 33.3 Å². The van der Waals surface area contributed by atoms with Gasteiger partial charge in [0, 0.05) is 40.7 Å². The highest BCUT2D eigenvalue weighted by Crippen LogP contribution is 2.34. The monoisotopic (exact) mass is 501 g/mol. The third kappa shape index (κ3) is 5.03. The summed E-state index contributed by atoms with van der Waals surface area (Å²) in [5, 5.41) is 14.7. The van der Waals surface area contributed by atoms with Gasteiger partial charge >= 0.3 is 6.18 Å². The minimum Gasteiger partial charge on any atom is -0.384 e. The van der Waals surface area contributed by atoms with Gasteiger partial charge in [-0.3, -0.25) is 15.1 Å². The van der Waals surface area contributed by atoms with Gasteiger partial charge in [0.2, 0.25) is 0 Å². The van der Waals surface area contributed by atoms with Crippen molar-refractivity contribution in [2.45, 2.75) is 6.18 Å². The number of nitro groups is 1. The van der Waals surface area contributed by atoms with Crippen LogP contribution in [-0.4, -0.2) is 14.9 Å². The van der Waals surface area contributed by atoms with E-state index in [4.69, 9.17) is 5.73 Å². The van der Waals surface area contributed by atoms with Crippen LogP contribution < -0.4 is 11.1 Å². The number of nitro benzene ring substituents is 1. The first-order chi connectivity index (χ1) is 17.7. The molecule has 184 valence electrons. The Bertz CT molecular complexity index is 1620. The molecule has 7 nitrogen and oxygen atoms in total. The molecule has 5 aromatic rings. The number of aromatic nitrogens is 2. The Morgan fingerprint density at radius 2 is 1.54 bits per heavy atom. The largest absolute Gasteiger partial charge is 0.416 e. The highest BCUT2D eigenvalue weighted by molar-refractivity contribution is 5.93. The molecule has 0 aliphatic heterocycles. The molecule has 0 spiro atoms. The SMILES string of the molecule is Nc1cc(-c2ccc([N+](=O)[O-])cc2)cc(-c2ccc(Nc3ccnc4cc(C(F)(F)F)ccc34)cc2)n1. The van der Waals surface area contributed by atoms with E-state index in [2.05, 4.69) is 15.3 Å². The van der Waals surface area contributed by atoms with E-state index in [9.17, 15) is 23.3 Å². The van der Waals surface area contributed by atoms with Gasteiger partial charge in [-0.1, -0.05) is 18.2 Å². The molecule has 0 fully saturated rings. The first kappa shape index (κ1) is 23.7. The molecular weight excluding hydrogens is 483 g/mol. The van der Waals surface area contributed by atoms with Crippen molar-refractivity contribution < 1.29 is 18.1 Å². The van der Waals surface area contributed by atoms with Gasteiger partial charge in [0.25, 0.3) is 5.69 Å². The van der Waals surface area contributed by atoms with E-state index in [0.29, 0.717) is 22.6 Å². The zero-order valence-electron chi connectivity index (χ0n) is 19.0. The molecule has 0 aliphatic rings. The summed E-state index contributed by atoms with van der Waals surface area (Å²) in [4.78, 5) is 18.9. The van der Waals surface area contributed by atoms with E-state index in [1.54, 1.807) is 24.3 Å². The lowest BCUT2D eigenvalue weighted by Gasteiger charge is -2.12. The lowest BCUT2D eigenvalue weighted by Crippen LogP contribution is -2.04. The summed E-state index contributed by atoms with van der Waals surface area (Å²) >= 11 is 0. The van der Waals surface area contributed by atoms with Crippen molar-refractivity contribution in [3.05, 3.63) is 107 Å². The van der Waals surface area contributed by atoms with Crippen LogP contribution in [0.1, 0.15) is 5.56 Å². The maximum atomic E-state index is 13.1. The summed E-state index contributed by atoms with van der Waals surface area (Å²) in [6.07, 6.45) is -2.99. The Morgan fingerprint density at radius 3 is 2.22 bits per heavy atom. The normalized spacial score (nSPS) is 11.4. The van der Waals surface area contributed by atoms with Crippen LogP contribution in [0.3, 0.4) is 0 Å². The third-order valence-corrected chi connectivity index (χ3v) is 5.79. The number of benzene rings is 3. The molecule has 3 aromatic carbocycles. The van der Waals surface area contributed by atoms with Crippen LogP contribution in [0, 0.1) is 10.1 Å². The number of nitrogen functional groups attached to an aromatic ring is 1. The number of hydrogen-bond donors (Lipinski definition) is 2. The molecule has 0 radical (unpaired) electrons. The summed E-state index contributed by atoms with van der Waals surface area (Å²) in [5.74, 6) is 0.300. The van der Waals surface area contributed by atoms with Crippen molar-refractivity contribution in [2.75, 3.05) is 11.1 Å². The zero-order valence-corrected chi connectivity index (χ0v) is 19.0. The van der Waals surface area contributed by atoms with Gasteiger partial charge in [0.05, 0.1) is 21.7 Å². The fraction of sp³-hybridized carbons (Fsp3) is 0.0370. The Hall–Kier alpha value is -4.99. The molecule has 0 unspecified atom stereocenters. The van der Waals surface area contributed by atoms with E-state index in [1.807, 2.05) is 30.3 Å². The van der Waals surface area contributed by atoms with Gasteiger partial charge in [-0.25, -0.2) is 4.98 Å². The van der Waals surface area contributed by atoms with E-state index >= 15 is 0 Å². The first-order valence-corrected chi connectivity index (χ1v) is 11.0. The Morgan fingerprint density at radius 1 is 0.838 bits per heavy atom. The van der Waals surface area contributed by atoms with Crippen molar-refractivity contribution >= 4 is 33.8 Å². The highest BCUT2D eigenvalue weighted by atomic mass is 19.4. The molecule has 2 heterocycles. The molecule has 0 amide bonds. The number of rotatable bonds is 5. The van der Waals surface area contributed by atoms with Crippen LogP contribution in [0.2, 0.25) is 0 Å². The molecule has 2 aromatic heterocycles. The smallest absolute Gasteiger partial charge is 0.384 e. The van der Waals surface area contributed by atoms with Gasteiger partial charge in [-0.2, -0.15) is 13.2 Å². The highest BCUT2D eigenvalue weighted by Gasteiger charge is 2.30. The predicted octanol–water partition coefficient (Wildman–Crippen LogP) is 7.22. The van der Waals surface area contributed by atoms with Gasteiger partial charge in [-0.15, -0.1) is 0 Å². The van der Waals surface area contributed by atoms with Crippen LogP contribution in [0.15, 0.2) is 91.1 Å². The van der Waals surface area contributed by atoms with Crippen LogP contribution in [-0.2, 0) is 6.18 Å². The number of pyridine rings is 2. The lowest BCUT2D eigenvalue weighted by atomic mass is 10.0. The summed E-state index contributed by atoms with van der Waals surface area (Å²) in [6.45, 7) is 0. The second kappa shape index (κ2) is 9.23. The first-order valence-electron chi connectivity index (χ1n) is 11.0. The second-order valence-electron chi connectivity index (χ2n) is 8.26. The molecule has 0 saturated heterocycles. The molecular formula is C27H18F3N5O2. The third-order valence-electron chi connectivity index (χ3n) is 5.79. The summed E-state index contributed by atoms with van der Waals surface area (Å²) < 4.78 is 39.2. The van der Waals surface area contributed by atoms with Crippen LogP contribution in [0.4, 0.5) is 36.1 Å². The average Bonchev–Trinajstić information content (AvgIpc) is 2.88. The van der Waals surface area contributed by atoms with Gasteiger partial charge < -0.3 is 11.1 Å². The summed E-state index contributed by atoms with van der Waals surface area (Å²) in [6, 6.07) is 22.2. The Balaban J connectivity index is 1.41. The van der Waals surface area contributed by atoms with Crippen molar-refractivity contribution in [2.24, 2.45) is 0 Å². The minimum absolute atomic E-state index is 0.00291. The maximum absolute atomic E-state index is 13.1. The lowest BCUT2D eigenvalue weighted by molar-refractivity contribution is -0.384. The number of nitrogens with one attached hydrogen (secondary N) is 1. The molecule has 10 heteroatoms. The van der Waals surface area contributed by atoms with Gasteiger partial charge in [-0.05, 0) is 65.7 Å². The Labute approximate surface area is 208 Å². The number of nitrogens with two attached hydrogens (primary N) is 1. The van der Waals surface area contributed by atoms with E-state index in [-0.39, 0.29) is 11.2 Å². The Kier molecular flexibility index (Phi) is 5.92. The summed E-state index contributed by atoms with van der Waals surface area (Å²) in [5.41, 5.74) is 9.78. The molecule has 3 N–H and O–H groups in total. The van der Waals surface area contributed by atoms with Gasteiger partial charge in [0.15, 0.2) is 0 Å². The number of halogens is 3. The molecule has 0 bridgehead atoms. The number of hydrogen-bond acceptors (Lipinski definition) is 6. The van der Waals surface area contributed by atoms with E-state index in [0.717, 1.165) is 34.5 Å². The van der Waals surface area contributed by atoms with Crippen LogP contribution in [0.5, 0.6) is 0 Å². The fourth-order valence-corrected chi connectivity index (χ4v) is 3.96. The van der Waals surface area contributed by atoms with Crippen molar-refractivity contribution in [3.63, 3.8) is 0 Å². The quantitative estimate of drug-likeness (QED) is 0.195. The predicted molar refractivity (Wildman–Crippen MR) is 136 cm³/mol. The van der Waals surface area contributed by atoms with Gasteiger partial charge in [0.1, 0.15) is 5.82 Å². The van der Waals surface area contributed by atoms with Crippen molar-refractivity contribution in [3.8, 4) is 22.4 Å². The number of nitrogens with zero attached hydrogens (tertiary/aromatic N) is 3. The molecule has 0 aliphatic carbocycles. The van der Waals surface area contributed by atoms with E-state index in [1.165, 1.54) is 24.4 Å². The number of alkyl halides is 3. The second-order valence-corrected chi connectivity index (χ2v) is 8.26. The average molecular weight is 501 g/mol. The topological polar surface area (TPSA) is 107 Å². The number of non-ortho nitro benzene ring substituents is 1. The minimum atomic E-state index is -4.44. The molecule has 37 heavy (non-hydrogen) atoms. The van der Waals surface area contributed by atoms with E-state index < -0.39 is 16.7 Å². The maximum Gasteiger partial charge on any atom is 0.416 e. The summed E-state index contributed by atoms with van der Waals surface area (Å²) in [7, 11) is 0. The van der Waals surface area contributed by atoms with Crippen LogP contribution >= 0.6 is 0 Å². The molecule has 5 rings (SSSR count). The zero-order chi connectivity index (χ0) is 26.2. The van der Waals surface area contributed by atoms with Crippen molar-refractivity contribution in [1.29, 1.82) is 0 Å². The number of anilines is 3. The molecule has 0 saturated carbocycles. The number of fused-ring (bicyclic) bond motifs is 1. The molecule has 0 atom stereocenters. The fourth-order valence-electron chi connectivity index (χ4n) is 3.96. The standard InChI is InChI=1S/C27H18F3N5O2/c28-27(29,30)19-5-10-22-23(11-12-32-25(22)15-19)33-20-6-1-17(2-7-20)24-13-18(14-26(31)34-24)16-3-8-21(9-4-16)35(36)37/h1-15H,(H2,31,34)(H,32,33). The van der Waals surface area contributed by atoms with Crippen molar-refractivity contribution in [1.82, 2.24) is 9.97 Å².